The van der Waals surface area contributed by atoms with Crippen molar-refractivity contribution in [3.63, 3.8) is 0 Å². The summed E-state index contributed by atoms with van der Waals surface area (Å²) >= 11 is 0. The fourth-order valence-electron chi connectivity index (χ4n) is 2.71. The Hall–Kier alpha value is -1.06. The van der Waals surface area contributed by atoms with Crippen LogP contribution in [0.2, 0.25) is 0 Å². The molecular weight excluding hydrogens is 220 g/mol. The fraction of sp³-hybridized carbons (Fsp3) is 0.846. The fourth-order valence-corrected chi connectivity index (χ4v) is 2.71. The average molecular weight is 242 g/mol. The zero-order chi connectivity index (χ0) is 12.7. The second kappa shape index (κ2) is 7.30. The van der Waals surface area contributed by atoms with Crippen molar-refractivity contribution in [1.29, 1.82) is 0 Å². The highest BCUT2D eigenvalue weighted by Crippen LogP contribution is 2.28. The monoisotopic (exact) mass is 242 g/mol. The van der Waals surface area contributed by atoms with Gasteiger partial charge < -0.3 is 10.2 Å². The molecule has 1 saturated carbocycles. The van der Waals surface area contributed by atoms with Crippen molar-refractivity contribution in [2.45, 2.75) is 57.8 Å². The first kappa shape index (κ1) is 14.0. The molecule has 1 rings (SSSR count). The lowest BCUT2D eigenvalue weighted by atomic mass is 9.89. The number of aliphatic carboxylic acids is 2. The van der Waals surface area contributed by atoms with Crippen LogP contribution in [-0.4, -0.2) is 22.2 Å². The summed E-state index contributed by atoms with van der Waals surface area (Å²) in [6.07, 6.45) is 7.42. The smallest absolute Gasteiger partial charge is 0.303 e. The van der Waals surface area contributed by atoms with E-state index >= 15 is 0 Å². The Balaban J connectivity index is 2.45. The Morgan fingerprint density at radius 2 is 1.18 bits per heavy atom. The first-order valence-electron chi connectivity index (χ1n) is 6.51. The van der Waals surface area contributed by atoms with Crippen LogP contribution in [0.1, 0.15) is 57.8 Å². The third kappa shape index (κ3) is 6.29. The highest BCUT2D eigenvalue weighted by atomic mass is 16.4. The molecule has 1 aliphatic rings. The maximum atomic E-state index is 10.7. The van der Waals surface area contributed by atoms with Crippen molar-refractivity contribution in [2.24, 2.45) is 11.8 Å². The Morgan fingerprint density at radius 1 is 0.765 bits per heavy atom. The van der Waals surface area contributed by atoms with E-state index < -0.39 is 11.9 Å². The molecule has 4 heteroatoms. The topological polar surface area (TPSA) is 74.6 Å². The summed E-state index contributed by atoms with van der Waals surface area (Å²) in [5.74, 6) is -0.989. The van der Waals surface area contributed by atoms with E-state index in [0.29, 0.717) is 0 Å². The molecule has 2 N–H and O–H groups in total. The summed E-state index contributed by atoms with van der Waals surface area (Å²) in [6.45, 7) is 0. The summed E-state index contributed by atoms with van der Waals surface area (Å²) in [5, 5.41) is 17.6. The highest BCUT2D eigenvalue weighted by Gasteiger charge is 2.19. The predicted molar refractivity (Wildman–Crippen MR) is 63.8 cm³/mol. The van der Waals surface area contributed by atoms with Crippen LogP contribution in [0.15, 0.2) is 0 Å². The van der Waals surface area contributed by atoms with Gasteiger partial charge >= 0.3 is 11.9 Å². The normalized spacial score (nSPS) is 26.6. The Morgan fingerprint density at radius 3 is 1.53 bits per heavy atom. The average Bonchev–Trinajstić information content (AvgIpc) is 2.31. The van der Waals surface area contributed by atoms with Gasteiger partial charge in [-0.05, 0) is 37.5 Å². The van der Waals surface area contributed by atoms with Gasteiger partial charge in [0.25, 0.3) is 0 Å². The van der Waals surface area contributed by atoms with Crippen molar-refractivity contribution in [2.75, 3.05) is 0 Å². The van der Waals surface area contributed by atoms with Gasteiger partial charge in [0, 0.05) is 12.8 Å². The zero-order valence-corrected chi connectivity index (χ0v) is 10.2. The van der Waals surface area contributed by atoms with Crippen molar-refractivity contribution in [1.82, 2.24) is 0 Å². The molecule has 0 spiro atoms. The van der Waals surface area contributed by atoms with E-state index in [9.17, 15) is 9.59 Å². The summed E-state index contributed by atoms with van der Waals surface area (Å²) in [6, 6.07) is 0. The molecule has 0 aromatic carbocycles. The summed E-state index contributed by atoms with van der Waals surface area (Å²) in [7, 11) is 0. The first-order valence-corrected chi connectivity index (χ1v) is 6.51. The summed E-state index contributed by atoms with van der Waals surface area (Å²) in [4.78, 5) is 21.4. The molecule has 0 saturated heterocycles. The molecule has 17 heavy (non-hydrogen) atoms. The van der Waals surface area contributed by atoms with Gasteiger partial charge in [-0.1, -0.05) is 19.3 Å². The van der Waals surface area contributed by atoms with Crippen LogP contribution in [0.4, 0.5) is 0 Å². The molecule has 0 radical (unpaired) electrons. The highest BCUT2D eigenvalue weighted by molar-refractivity contribution is 5.67. The predicted octanol–water partition coefficient (Wildman–Crippen LogP) is 2.91. The minimum absolute atomic E-state index is 0.236. The molecular formula is C13H22O4. The van der Waals surface area contributed by atoms with Crippen LogP contribution in [0.5, 0.6) is 0 Å². The third-order valence-corrected chi connectivity index (χ3v) is 3.63. The van der Waals surface area contributed by atoms with Crippen LogP contribution in [-0.2, 0) is 9.59 Å². The van der Waals surface area contributed by atoms with E-state index in [-0.39, 0.29) is 24.7 Å². The second-order valence-electron chi connectivity index (χ2n) is 5.14. The van der Waals surface area contributed by atoms with Gasteiger partial charge in [-0.2, -0.15) is 0 Å². The molecule has 0 heterocycles. The Bertz CT molecular complexity index is 236. The first-order chi connectivity index (χ1) is 8.08. The minimum Gasteiger partial charge on any atom is -0.481 e. The van der Waals surface area contributed by atoms with Gasteiger partial charge in [0.15, 0.2) is 0 Å². The van der Waals surface area contributed by atoms with Gasteiger partial charge in [0.1, 0.15) is 0 Å². The molecule has 1 fully saturated rings. The molecule has 0 aromatic rings. The molecule has 0 amide bonds. The third-order valence-electron chi connectivity index (χ3n) is 3.63. The molecule has 2 atom stereocenters. The van der Waals surface area contributed by atoms with E-state index in [1.807, 2.05) is 0 Å². The van der Waals surface area contributed by atoms with Crippen LogP contribution in [0.25, 0.3) is 0 Å². The van der Waals surface area contributed by atoms with E-state index in [2.05, 4.69) is 0 Å². The van der Waals surface area contributed by atoms with Crippen LogP contribution in [0, 0.1) is 11.8 Å². The van der Waals surface area contributed by atoms with Crippen LogP contribution < -0.4 is 0 Å². The maximum absolute atomic E-state index is 10.7. The maximum Gasteiger partial charge on any atom is 0.303 e. The van der Waals surface area contributed by atoms with Crippen molar-refractivity contribution >= 4 is 11.9 Å². The van der Waals surface area contributed by atoms with Gasteiger partial charge in [-0.3, -0.25) is 9.59 Å². The van der Waals surface area contributed by atoms with Gasteiger partial charge in [-0.25, -0.2) is 0 Å². The van der Waals surface area contributed by atoms with Crippen molar-refractivity contribution in [3.05, 3.63) is 0 Å². The summed E-state index contributed by atoms with van der Waals surface area (Å²) in [5.41, 5.74) is 0. The molecule has 98 valence electrons. The lowest BCUT2D eigenvalue weighted by Gasteiger charge is -2.16. The minimum atomic E-state index is -0.732. The zero-order valence-electron chi connectivity index (χ0n) is 10.2. The standard InChI is InChI=1S/C13H22O4/c14-12(15)8-10-4-2-1-3-5-11(7-6-10)9-13(16)17/h10-11H,1-9H2,(H,14,15)(H,16,17). The molecule has 0 aliphatic heterocycles. The van der Waals surface area contributed by atoms with Gasteiger partial charge in [-0.15, -0.1) is 0 Å². The van der Waals surface area contributed by atoms with E-state index in [4.69, 9.17) is 10.2 Å². The van der Waals surface area contributed by atoms with E-state index in [1.165, 1.54) is 0 Å². The number of carbonyl (C=O) groups is 2. The van der Waals surface area contributed by atoms with Crippen molar-refractivity contribution in [3.8, 4) is 0 Å². The largest absolute Gasteiger partial charge is 0.481 e. The number of carboxylic acid groups (broad SMARTS) is 2. The lowest BCUT2D eigenvalue weighted by molar-refractivity contribution is -0.139. The molecule has 1 aliphatic carbocycles. The number of hydrogen-bond acceptors (Lipinski definition) is 2. The number of carboxylic acids is 2. The molecule has 4 nitrogen and oxygen atoms in total. The van der Waals surface area contributed by atoms with Crippen LogP contribution in [0.3, 0.4) is 0 Å². The quantitative estimate of drug-likeness (QED) is 0.794. The SMILES string of the molecule is O=C(O)CC1CCCCCC(CC(=O)O)CC1. The number of rotatable bonds is 4. The van der Waals surface area contributed by atoms with Crippen LogP contribution >= 0.6 is 0 Å². The summed E-state index contributed by atoms with van der Waals surface area (Å²) < 4.78 is 0. The Labute approximate surface area is 102 Å². The number of hydrogen-bond donors (Lipinski definition) is 2. The van der Waals surface area contributed by atoms with E-state index in [0.717, 1.165) is 44.9 Å². The molecule has 0 bridgehead atoms. The van der Waals surface area contributed by atoms with Gasteiger partial charge in [0.05, 0.1) is 0 Å². The second-order valence-corrected chi connectivity index (χ2v) is 5.14. The Kier molecular flexibility index (Phi) is 6.01. The van der Waals surface area contributed by atoms with E-state index in [1.54, 1.807) is 0 Å². The molecule has 2 unspecified atom stereocenters. The molecule has 0 aromatic heterocycles. The van der Waals surface area contributed by atoms with Gasteiger partial charge in [0.2, 0.25) is 0 Å². The van der Waals surface area contributed by atoms with Crippen molar-refractivity contribution < 1.29 is 19.8 Å². The lowest BCUT2D eigenvalue weighted by Crippen LogP contribution is -2.11.